The Morgan fingerprint density at radius 1 is 1.47 bits per heavy atom. The molecule has 0 aliphatic carbocycles. The molecular formula is C13H18BrN3O2. The lowest BCUT2D eigenvalue weighted by atomic mass is 10.1. The molecule has 6 heteroatoms. The van der Waals surface area contributed by atoms with E-state index in [0.717, 1.165) is 36.2 Å². The summed E-state index contributed by atoms with van der Waals surface area (Å²) >= 11 is 3.49. The maximum atomic E-state index is 11.3. The molecule has 0 atom stereocenters. The van der Waals surface area contributed by atoms with E-state index < -0.39 is 0 Å². The van der Waals surface area contributed by atoms with Crippen LogP contribution in [0.4, 0.5) is 5.69 Å². The average molecular weight is 328 g/mol. The van der Waals surface area contributed by atoms with Crippen molar-refractivity contribution in [1.82, 2.24) is 10.2 Å². The molecule has 0 aromatic heterocycles. The van der Waals surface area contributed by atoms with Crippen LogP contribution in [0.15, 0.2) is 16.6 Å². The summed E-state index contributed by atoms with van der Waals surface area (Å²) in [5.74, 6) is -0.0847. The van der Waals surface area contributed by atoms with Crippen LogP contribution in [0.2, 0.25) is 0 Å². The third kappa shape index (κ3) is 3.68. The van der Waals surface area contributed by atoms with Crippen molar-refractivity contribution >= 4 is 27.5 Å². The van der Waals surface area contributed by atoms with Gasteiger partial charge in [0.2, 0.25) is 5.91 Å². The van der Waals surface area contributed by atoms with Gasteiger partial charge in [-0.25, -0.2) is 0 Å². The van der Waals surface area contributed by atoms with E-state index >= 15 is 0 Å². The summed E-state index contributed by atoms with van der Waals surface area (Å²) < 4.78 is 0.896. The van der Waals surface area contributed by atoms with Crippen molar-refractivity contribution in [2.24, 2.45) is 0 Å². The largest absolute Gasteiger partial charge is 0.506 e. The lowest BCUT2D eigenvalue weighted by Gasteiger charge is -2.28. The molecule has 1 fully saturated rings. The number of carbonyl (C=O) groups excluding carboxylic acids is 1. The Balaban J connectivity index is 2.25. The maximum Gasteiger partial charge on any atom is 0.221 e. The van der Waals surface area contributed by atoms with E-state index in [-0.39, 0.29) is 11.7 Å². The molecule has 2 rings (SSSR count). The van der Waals surface area contributed by atoms with Crippen molar-refractivity contribution in [2.75, 3.05) is 31.5 Å². The van der Waals surface area contributed by atoms with Crippen LogP contribution in [-0.4, -0.2) is 42.1 Å². The highest BCUT2D eigenvalue weighted by Gasteiger charge is 2.17. The Kier molecular flexibility index (Phi) is 4.79. The van der Waals surface area contributed by atoms with Gasteiger partial charge in [0.25, 0.3) is 0 Å². The van der Waals surface area contributed by atoms with Crippen LogP contribution in [0.25, 0.3) is 0 Å². The highest BCUT2D eigenvalue weighted by molar-refractivity contribution is 9.10. The second-order valence-electron chi connectivity index (χ2n) is 4.63. The number of phenolic OH excluding ortho intramolecular Hbond substituents is 1. The molecule has 0 bridgehead atoms. The van der Waals surface area contributed by atoms with Crippen molar-refractivity contribution in [1.29, 1.82) is 0 Å². The van der Waals surface area contributed by atoms with Gasteiger partial charge in [-0.2, -0.15) is 0 Å². The molecule has 0 radical (unpaired) electrons. The molecule has 1 aliphatic heterocycles. The number of amides is 1. The monoisotopic (exact) mass is 327 g/mol. The molecule has 1 aliphatic rings. The van der Waals surface area contributed by atoms with E-state index in [1.165, 1.54) is 6.92 Å². The van der Waals surface area contributed by atoms with E-state index in [1.54, 1.807) is 12.1 Å². The Bertz CT molecular complexity index is 473. The topological polar surface area (TPSA) is 64.6 Å². The van der Waals surface area contributed by atoms with Gasteiger partial charge in [0.15, 0.2) is 0 Å². The zero-order chi connectivity index (χ0) is 13.8. The molecule has 1 saturated heterocycles. The number of carbonyl (C=O) groups is 1. The van der Waals surface area contributed by atoms with Crippen molar-refractivity contribution in [3.05, 3.63) is 22.2 Å². The summed E-state index contributed by atoms with van der Waals surface area (Å²) in [5.41, 5.74) is 1.41. The fourth-order valence-electron chi connectivity index (χ4n) is 2.17. The number of aromatic hydroxyl groups is 1. The van der Waals surface area contributed by atoms with E-state index in [4.69, 9.17) is 0 Å². The van der Waals surface area contributed by atoms with Gasteiger partial charge in [-0.15, -0.1) is 0 Å². The minimum atomic E-state index is -0.185. The summed E-state index contributed by atoms with van der Waals surface area (Å²) in [6, 6.07) is 3.38. The van der Waals surface area contributed by atoms with E-state index in [9.17, 15) is 9.90 Å². The Morgan fingerprint density at radius 2 is 2.16 bits per heavy atom. The Morgan fingerprint density at radius 3 is 2.79 bits per heavy atom. The van der Waals surface area contributed by atoms with Crippen LogP contribution < -0.4 is 10.6 Å². The molecule has 104 valence electrons. The van der Waals surface area contributed by atoms with Crippen LogP contribution in [0.3, 0.4) is 0 Å². The summed E-state index contributed by atoms with van der Waals surface area (Å²) in [4.78, 5) is 13.6. The number of piperazine rings is 1. The van der Waals surface area contributed by atoms with Crippen LogP contribution in [0, 0.1) is 0 Å². The van der Waals surface area contributed by atoms with Crippen LogP contribution in [-0.2, 0) is 11.3 Å². The van der Waals surface area contributed by atoms with Crippen LogP contribution >= 0.6 is 15.9 Å². The molecule has 0 saturated carbocycles. The summed E-state index contributed by atoms with van der Waals surface area (Å²) in [7, 11) is 0. The van der Waals surface area contributed by atoms with Gasteiger partial charge in [-0.1, -0.05) is 15.9 Å². The van der Waals surface area contributed by atoms with Crippen molar-refractivity contribution in [3.63, 3.8) is 0 Å². The number of rotatable bonds is 3. The normalized spacial score (nSPS) is 16.3. The number of phenols is 1. The van der Waals surface area contributed by atoms with Crippen LogP contribution in [0.5, 0.6) is 5.75 Å². The molecule has 1 aromatic carbocycles. The third-order valence-corrected chi connectivity index (χ3v) is 3.87. The second-order valence-corrected chi connectivity index (χ2v) is 5.48. The molecule has 0 spiro atoms. The second kappa shape index (κ2) is 6.36. The number of nitrogens with zero attached hydrogens (tertiary/aromatic N) is 1. The molecule has 1 aromatic rings. The first-order valence-corrected chi connectivity index (χ1v) is 7.08. The number of halogens is 1. The fraction of sp³-hybridized carbons (Fsp3) is 0.462. The van der Waals surface area contributed by atoms with Gasteiger partial charge >= 0.3 is 0 Å². The highest BCUT2D eigenvalue weighted by atomic mass is 79.9. The number of hydrogen-bond acceptors (Lipinski definition) is 4. The Labute approximate surface area is 121 Å². The van der Waals surface area contributed by atoms with E-state index in [2.05, 4.69) is 31.5 Å². The molecule has 1 amide bonds. The maximum absolute atomic E-state index is 11.3. The number of benzene rings is 1. The lowest BCUT2D eigenvalue weighted by molar-refractivity contribution is -0.114. The van der Waals surface area contributed by atoms with Gasteiger partial charge in [-0.05, 0) is 12.1 Å². The molecule has 0 unspecified atom stereocenters. The summed E-state index contributed by atoms with van der Waals surface area (Å²) in [5, 5.41) is 15.9. The van der Waals surface area contributed by atoms with Crippen molar-refractivity contribution in [3.8, 4) is 5.75 Å². The summed E-state index contributed by atoms with van der Waals surface area (Å²) in [6.07, 6.45) is 0. The van der Waals surface area contributed by atoms with Gasteiger partial charge in [-0.3, -0.25) is 9.69 Å². The highest BCUT2D eigenvalue weighted by Crippen LogP contribution is 2.34. The molecule has 1 heterocycles. The smallest absolute Gasteiger partial charge is 0.221 e. The van der Waals surface area contributed by atoms with Gasteiger partial charge in [0, 0.05) is 49.7 Å². The minimum Gasteiger partial charge on any atom is -0.506 e. The van der Waals surface area contributed by atoms with Crippen molar-refractivity contribution in [2.45, 2.75) is 13.5 Å². The SMILES string of the molecule is CC(=O)Nc1c(O)ccc(Br)c1CN1CCNCC1. The quantitative estimate of drug-likeness (QED) is 0.736. The molecular weight excluding hydrogens is 310 g/mol. The average Bonchev–Trinajstić information content (AvgIpc) is 2.39. The predicted molar refractivity (Wildman–Crippen MR) is 78.3 cm³/mol. The molecule has 5 nitrogen and oxygen atoms in total. The number of hydrogen-bond donors (Lipinski definition) is 3. The zero-order valence-electron chi connectivity index (χ0n) is 10.9. The fourth-order valence-corrected chi connectivity index (χ4v) is 2.63. The first-order valence-electron chi connectivity index (χ1n) is 6.29. The standard InChI is InChI=1S/C13H18BrN3O2/c1-9(18)16-13-10(11(14)2-3-12(13)19)8-17-6-4-15-5-7-17/h2-3,15,19H,4-8H2,1H3,(H,16,18). The lowest BCUT2D eigenvalue weighted by Crippen LogP contribution is -2.43. The predicted octanol–water partition coefficient (Wildman–Crippen LogP) is 1.52. The van der Waals surface area contributed by atoms with E-state index in [0.29, 0.717) is 12.2 Å². The Hall–Kier alpha value is -1.11. The van der Waals surface area contributed by atoms with E-state index in [1.807, 2.05) is 0 Å². The number of anilines is 1. The molecule has 19 heavy (non-hydrogen) atoms. The minimum absolute atomic E-state index is 0.100. The van der Waals surface area contributed by atoms with Gasteiger partial charge in [0.1, 0.15) is 5.75 Å². The molecule has 3 N–H and O–H groups in total. The summed E-state index contributed by atoms with van der Waals surface area (Å²) in [6.45, 7) is 5.99. The van der Waals surface area contributed by atoms with Gasteiger partial charge in [0.05, 0.1) is 5.69 Å². The first-order chi connectivity index (χ1) is 9.08. The van der Waals surface area contributed by atoms with Gasteiger partial charge < -0.3 is 15.7 Å². The zero-order valence-corrected chi connectivity index (χ0v) is 12.5. The van der Waals surface area contributed by atoms with Crippen LogP contribution in [0.1, 0.15) is 12.5 Å². The third-order valence-electron chi connectivity index (χ3n) is 3.13. The van der Waals surface area contributed by atoms with Crippen molar-refractivity contribution < 1.29 is 9.90 Å². The number of nitrogens with one attached hydrogen (secondary N) is 2. The first kappa shape index (κ1) is 14.3.